The van der Waals surface area contributed by atoms with Gasteiger partial charge >= 0.3 is 11.8 Å². The zero-order valence-electron chi connectivity index (χ0n) is 20.0. The largest absolute Gasteiger partial charge is 0.395 e. The lowest BCUT2D eigenvalue weighted by molar-refractivity contribution is -0.211. The highest BCUT2D eigenvalue weighted by Gasteiger charge is 2.67. The van der Waals surface area contributed by atoms with Crippen LogP contribution >= 0.6 is 0 Å². The van der Waals surface area contributed by atoms with Gasteiger partial charge in [-0.25, -0.2) is 0 Å². The van der Waals surface area contributed by atoms with Gasteiger partial charge in [-0.3, -0.25) is 9.59 Å². The molecule has 4 aromatic carbocycles. The summed E-state index contributed by atoms with van der Waals surface area (Å²) in [7, 11) is 0. The number of hydrogen-bond acceptors (Lipinski definition) is 2. The Morgan fingerprint density at radius 2 is 0.658 bits per heavy atom. The molecule has 0 heterocycles. The lowest BCUT2D eigenvalue weighted by Gasteiger charge is -2.29. The van der Waals surface area contributed by atoms with E-state index >= 15 is 17.6 Å². The predicted molar refractivity (Wildman–Crippen MR) is 136 cm³/mol. The highest BCUT2D eigenvalue weighted by molar-refractivity contribution is 5.95. The summed E-state index contributed by atoms with van der Waals surface area (Å²) in [5, 5.41) is 4.04. The number of halogens is 4. The Hall–Kier alpha value is -4.46. The van der Waals surface area contributed by atoms with Gasteiger partial charge in [0, 0.05) is 0 Å². The van der Waals surface area contributed by atoms with Gasteiger partial charge in [0.15, 0.2) is 0 Å². The molecular weight excluding hydrogens is 496 g/mol. The van der Waals surface area contributed by atoms with Crippen molar-refractivity contribution >= 4 is 11.8 Å². The monoisotopic (exact) mass is 520 g/mol. The van der Waals surface area contributed by atoms with Crippen LogP contribution in [-0.2, 0) is 9.59 Å². The SMILES string of the molecule is O=C(NC(c1ccccc1)c1ccccc1)C(F)(F)C(F)(F)C(=O)NC(c1ccccc1)c1ccccc1. The van der Waals surface area contributed by atoms with Crippen LogP contribution < -0.4 is 10.6 Å². The van der Waals surface area contributed by atoms with E-state index in [0.717, 1.165) is 0 Å². The van der Waals surface area contributed by atoms with Crippen molar-refractivity contribution in [3.05, 3.63) is 144 Å². The van der Waals surface area contributed by atoms with Crippen LogP contribution in [0.5, 0.6) is 0 Å². The van der Waals surface area contributed by atoms with E-state index in [1.807, 2.05) is 10.6 Å². The third-order valence-electron chi connectivity index (χ3n) is 6.05. The zero-order chi connectivity index (χ0) is 27.2. The second kappa shape index (κ2) is 11.3. The summed E-state index contributed by atoms with van der Waals surface area (Å²) >= 11 is 0. The molecule has 4 nitrogen and oxygen atoms in total. The fourth-order valence-electron chi connectivity index (χ4n) is 4.03. The fourth-order valence-corrected chi connectivity index (χ4v) is 4.03. The summed E-state index contributed by atoms with van der Waals surface area (Å²) in [4.78, 5) is 25.4. The van der Waals surface area contributed by atoms with Gasteiger partial charge in [-0.15, -0.1) is 0 Å². The van der Waals surface area contributed by atoms with Gasteiger partial charge in [0.1, 0.15) is 0 Å². The number of carbonyl (C=O) groups excluding carboxylic acids is 2. The first-order valence-electron chi connectivity index (χ1n) is 11.8. The van der Waals surface area contributed by atoms with Crippen molar-refractivity contribution < 1.29 is 27.2 Å². The number of hydrogen-bond donors (Lipinski definition) is 2. The summed E-state index contributed by atoms with van der Waals surface area (Å²) in [6.07, 6.45) is 0. The molecule has 0 aromatic heterocycles. The summed E-state index contributed by atoms with van der Waals surface area (Å²) in [6.45, 7) is 0. The highest BCUT2D eigenvalue weighted by atomic mass is 19.3. The molecule has 0 spiro atoms. The second-order valence-corrected chi connectivity index (χ2v) is 8.60. The van der Waals surface area contributed by atoms with Crippen molar-refractivity contribution in [2.24, 2.45) is 0 Å². The van der Waals surface area contributed by atoms with E-state index in [0.29, 0.717) is 22.3 Å². The van der Waals surface area contributed by atoms with Crippen molar-refractivity contribution in [2.45, 2.75) is 23.9 Å². The second-order valence-electron chi connectivity index (χ2n) is 8.60. The Morgan fingerprint density at radius 1 is 0.447 bits per heavy atom. The summed E-state index contributed by atoms with van der Waals surface area (Å²) in [6, 6.07) is 30.1. The van der Waals surface area contributed by atoms with E-state index in [1.165, 1.54) is 0 Å². The molecule has 0 unspecified atom stereocenters. The number of benzene rings is 4. The minimum absolute atomic E-state index is 0.406. The summed E-state index contributed by atoms with van der Waals surface area (Å²) < 4.78 is 60.3. The highest BCUT2D eigenvalue weighted by Crippen LogP contribution is 2.37. The number of rotatable bonds is 9. The molecule has 0 bridgehead atoms. The standard InChI is InChI=1S/C30H24F4N2O2/c31-29(32,27(37)35-25(21-13-5-1-6-14-21)22-15-7-2-8-16-22)30(33,34)28(38)36-26(23-17-9-3-10-18-23)24-19-11-4-12-20-24/h1-20,25-26H,(H,35,37)(H,36,38). The Morgan fingerprint density at radius 3 is 0.868 bits per heavy atom. The van der Waals surface area contributed by atoms with Crippen LogP contribution in [0, 0.1) is 0 Å². The van der Waals surface area contributed by atoms with E-state index in [4.69, 9.17) is 0 Å². The average molecular weight is 521 g/mol. The average Bonchev–Trinajstić information content (AvgIpc) is 2.96. The molecule has 38 heavy (non-hydrogen) atoms. The third kappa shape index (κ3) is 5.59. The first kappa shape index (κ1) is 26.6. The third-order valence-corrected chi connectivity index (χ3v) is 6.05. The summed E-state index contributed by atoms with van der Waals surface area (Å²) in [5.74, 6) is -15.2. The van der Waals surface area contributed by atoms with Gasteiger partial charge < -0.3 is 10.6 Å². The molecule has 8 heteroatoms. The lowest BCUT2D eigenvalue weighted by atomic mass is 9.97. The molecule has 0 aliphatic carbocycles. The van der Waals surface area contributed by atoms with Crippen LogP contribution in [0.3, 0.4) is 0 Å². The molecule has 0 aliphatic rings. The van der Waals surface area contributed by atoms with E-state index in [1.54, 1.807) is 121 Å². The van der Waals surface area contributed by atoms with Gasteiger partial charge in [0.25, 0.3) is 11.8 Å². The number of amides is 2. The van der Waals surface area contributed by atoms with Crippen molar-refractivity contribution in [3.8, 4) is 0 Å². The molecule has 4 rings (SSSR count). The predicted octanol–water partition coefficient (Wildman–Crippen LogP) is 6.07. The van der Waals surface area contributed by atoms with Crippen LogP contribution in [-0.4, -0.2) is 23.7 Å². The minimum atomic E-state index is -5.35. The van der Waals surface area contributed by atoms with Crippen LogP contribution in [0.1, 0.15) is 34.3 Å². The maximum Gasteiger partial charge on any atom is 0.395 e. The molecule has 0 aliphatic heterocycles. The van der Waals surface area contributed by atoms with Gasteiger partial charge in [-0.1, -0.05) is 121 Å². The van der Waals surface area contributed by atoms with Crippen LogP contribution in [0.4, 0.5) is 17.6 Å². The molecule has 0 saturated heterocycles. The lowest BCUT2D eigenvalue weighted by Crippen LogP contribution is -2.60. The van der Waals surface area contributed by atoms with Crippen molar-refractivity contribution in [1.29, 1.82) is 0 Å². The molecule has 2 N–H and O–H groups in total. The van der Waals surface area contributed by atoms with Crippen LogP contribution in [0.15, 0.2) is 121 Å². The molecule has 194 valence electrons. The Kier molecular flexibility index (Phi) is 7.90. The maximum absolute atomic E-state index is 15.1. The molecule has 0 fully saturated rings. The number of carbonyl (C=O) groups is 2. The van der Waals surface area contributed by atoms with E-state index in [9.17, 15) is 9.59 Å². The number of alkyl halides is 4. The van der Waals surface area contributed by atoms with Crippen LogP contribution in [0.2, 0.25) is 0 Å². The smallest absolute Gasteiger partial charge is 0.340 e. The van der Waals surface area contributed by atoms with E-state index in [2.05, 4.69) is 0 Å². The molecular formula is C30H24F4N2O2. The van der Waals surface area contributed by atoms with Crippen molar-refractivity contribution in [2.75, 3.05) is 0 Å². The first-order valence-corrected chi connectivity index (χ1v) is 11.8. The Bertz CT molecular complexity index is 1170. The normalized spacial score (nSPS) is 11.8. The quantitative estimate of drug-likeness (QED) is 0.263. The molecule has 0 radical (unpaired) electrons. The van der Waals surface area contributed by atoms with E-state index in [-0.39, 0.29) is 0 Å². The Balaban J connectivity index is 1.60. The number of nitrogens with one attached hydrogen (secondary N) is 2. The first-order chi connectivity index (χ1) is 18.2. The van der Waals surface area contributed by atoms with E-state index < -0.39 is 35.7 Å². The van der Waals surface area contributed by atoms with Crippen LogP contribution in [0.25, 0.3) is 0 Å². The zero-order valence-corrected chi connectivity index (χ0v) is 20.0. The topological polar surface area (TPSA) is 58.2 Å². The van der Waals surface area contributed by atoms with Crippen molar-refractivity contribution in [1.82, 2.24) is 10.6 Å². The van der Waals surface area contributed by atoms with Gasteiger partial charge in [0.2, 0.25) is 0 Å². The van der Waals surface area contributed by atoms with Gasteiger partial charge in [-0.05, 0) is 22.3 Å². The minimum Gasteiger partial charge on any atom is -0.340 e. The van der Waals surface area contributed by atoms with Gasteiger partial charge in [0.05, 0.1) is 12.1 Å². The summed E-state index contributed by atoms with van der Waals surface area (Å²) in [5.41, 5.74) is 1.63. The maximum atomic E-state index is 15.1. The molecule has 0 atom stereocenters. The van der Waals surface area contributed by atoms with Crippen molar-refractivity contribution in [3.63, 3.8) is 0 Å². The molecule has 4 aromatic rings. The van der Waals surface area contributed by atoms with Gasteiger partial charge in [-0.2, -0.15) is 17.6 Å². The molecule has 0 saturated carbocycles. The fraction of sp³-hybridized carbons (Fsp3) is 0.133. The molecule has 2 amide bonds. The Labute approximate surface area is 217 Å².